The molecular formula is C9H6BrN3O2. The first-order valence-corrected chi connectivity index (χ1v) is 4.89. The lowest BCUT2D eigenvalue weighted by Crippen LogP contribution is -1.99. The summed E-state index contributed by atoms with van der Waals surface area (Å²) < 4.78 is 1.75. The molecule has 0 amide bonds. The number of nitrogens with zero attached hydrogens (tertiary/aromatic N) is 3. The summed E-state index contributed by atoms with van der Waals surface area (Å²) >= 11 is 3.15. The molecule has 1 aromatic heterocycles. The van der Waals surface area contributed by atoms with Gasteiger partial charge in [-0.3, -0.25) is 0 Å². The highest BCUT2D eigenvalue weighted by molar-refractivity contribution is 9.10. The molecule has 0 radical (unpaired) electrons. The molecule has 15 heavy (non-hydrogen) atoms. The highest BCUT2D eigenvalue weighted by Gasteiger charge is 2.17. The molecule has 1 heterocycles. The third kappa shape index (κ3) is 1.75. The van der Waals surface area contributed by atoms with Crippen LogP contribution in [0.5, 0.6) is 0 Å². The molecule has 0 saturated carbocycles. The van der Waals surface area contributed by atoms with Gasteiger partial charge in [-0.2, -0.15) is 0 Å². The Balaban J connectivity index is 2.52. The molecule has 0 spiro atoms. The van der Waals surface area contributed by atoms with E-state index in [1.54, 1.807) is 0 Å². The minimum Gasteiger partial charge on any atom is -0.476 e. The minimum atomic E-state index is -1.11. The minimum absolute atomic E-state index is 0.0983. The number of rotatable bonds is 2. The number of hydrogen-bond acceptors (Lipinski definition) is 3. The van der Waals surface area contributed by atoms with Gasteiger partial charge >= 0.3 is 5.97 Å². The highest BCUT2D eigenvalue weighted by Crippen LogP contribution is 2.18. The zero-order valence-corrected chi connectivity index (χ0v) is 9.05. The average molecular weight is 268 g/mol. The number of para-hydroxylation sites is 1. The lowest BCUT2D eigenvalue weighted by Gasteiger charge is -2.00. The van der Waals surface area contributed by atoms with Gasteiger partial charge in [0.1, 0.15) is 4.60 Å². The van der Waals surface area contributed by atoms with E-state index in [0.717, 1.165) is 5.69 Å². The van der Waals surface area contributed by atoms with Gasteiger partial charge in [0.05, 0.1) is 5.69 Å². The van der Waals surface area contributed by atoms with Crippen LogP contribution in [0, 0.1) is 0 Å². The number of benzene rings is 1. The number of aromatic carboxylic acids is 1. The van der Waals surface area contributed by atoms with E-state index >= 15 is 0 Å². The molecule has 0 atom stereocenters. The summed E-state index contributed by atoms with van der Waals surface area (Å²) in [4.78, 5) is 10.7. The molecule has 1 N–H and O–H groups in total. The highest BCUT2D eigenvalue weighted by atomic mass is 79.9. The maximum absolute atomic E-state index is 10.7. The molecule has 5 nitrogen and oxygen atoms in total. The van der Waals surface area contributed by atoms with Crippen LogP contribution in [0.3, 0.4) is 0 Å². The third-order valence-electron chi connectivity index (χ3n) is 1.82. The Morgan fingerprint density at radius 1 is 1.33 bits per heavy atom. The van der Waals surface area contributed by atoms with Gasteiger partial charge in [-0.25, -0.2) is 9.48 Å². The van der Waals surface area contributed by atoms with Crippen molar-refractivity contribution in [3.8, 4) is 5.69 Å². The van der Waals surface area contributed by atoms with Crippen molar-refractivity contribution in [3.63, 3.8) is 0 Å². The van der Waals surface area contributed by atoms with E-state index in [1.807, 2.05) is 30.3 Å². The summed E-state index contributed by atoms with van der Waals surface area (Å²) in [5, 5.41) is 16.1. The van der Waals surface area contributed by atoms with E-state index in [4.69, 9.17) is 5.11 Å². The first kappa shape index (κ1) is 9.85. The van der Waals surface area contributed by atoms with E-state index in [2.05, 4.69) is 26.2 Å². The summed E-state index contributed by atoms with van der Waals surface area (Å²) in [5.74, 6) is -1.11. The molecule has 0 unspecified atom stereocenters. The molecule has 0 saturated heterocycles. The van der Waals surface area contributed by atoms with Crippen LogP contribution >= 0.6 is 15.9 Å². The number of carbonyl (C=O) groups is 1. The van der Waals surface area contributed by atoms with Crippen molar-refractivity contribution in [2.45, 2.75) is 0 Å². The second-order valence-corrected chi connectivity index (χ2v) is 3.53. The summed E-state index contributed by atoms with van der Waals surface area (Å²) in [6.45, 7) is 0. The summed E-state index contributed by atoms with van der Waals surface area (Å²) in [6, 6.07) is 9.16. The molecule has 0 fully saturated rings. The van der Waals surface area contributed by atoms with Crippen LogP contribution in [-0.2, 0) is 0 Å². The quantitative estimate of drug-likeness (QED) is 0.900. The Kier molecular flexibility index (Phi) is 2.51. The third-order valence-corrected chi connectivity index (χ3v) is 2.53. The summed E-state index contributed by atoms with van der Waals surface area (Å²) in [5.41, 5.74) is 0.656. The van der Waals surface area contributed by atoms with Crippen molar-refractivity contribution < 1.29 is 9.90 Å². The Labute approximate surface area is 93.5 Å². The SMILES string of the molecule is O=C(O)c1nnn(-c2ccccc2)c1Br. The van der Waals surface area contributed by atoms with Gasteiger partial charge in [0, 0.05) is 0 Å². The topological polar surface area (TPSA) is 68.0 Å². The Hall–Kier alpha value is -1.69. The van der Waals surface area contributed by atoms with Crippen LogP contribution in [0.1, 0.15) is 10.5 Å². The Morgan fingerprint density at radius 3 is 2.53 bits per heavy atom. The number of hydrogen-bond donors (Lipinski definition) is 1. The second-order valence-electron chi connectivity index (χ2n) is 2.78. The molecule has 0 aliphatic carbocycles. The van der Waals surface area contributed by atoms with Crippen molar-refractivity contribution in [2.24, 2.45) is 0 Å². The molecule has 2 rings (SSSR count). The second kappa shape index (κ2) is 3.82. The van der Waals surface area contributed by atoms with Gasteiger partial charge in [0.15, 0.2) is 0 Å². The fourth-order valence-corrected chi connectivity index (χ4v) is 1.66. The molecule has 76 valence electrons. The molecular weight excluding hydrogens is 262 g/mol. The molecule has 2 aromatic rings. The Morgan fingerprint density at radius 2 is 2.00 bits per heavy atom. The van der Waals surface area contributed by atoms with E-state index in [9.17, 15) is 4.79 Å². The van der Waals surface area contributed by atoms with Gasteiger partial charge in [-0.05, 0) is 28.1 Å². The van der Waals surface area contributed by atoms with Gasteiger partial charge < -0.3 is 5.11 Å². The normalized spacial score (nSPS) is 10.2. The lowest BCUT2D eigenvalue weighted by molar-refractivity contribution is 0.0689. The number of halogens is 1. The molecule has 6 heteroatoms. The van der Waals surface area contributed by atoms with Crippen molar-refractivity contribution >= 4 is 21.9 Å². The van der Waals surface area contributed by atoms with Crippen LogP contribution < -0.4 is 0 Å². The van der Waals surface area contributed by atoms with E-state index in [-0.39, 0.29) is 5.69 Å². The van der Waals surface area contributed by atoms with E-state index in [0.29, 0.717) is 4.60 Å². The molecule has 0 aliphatic heterocycles. The van der Waals surface area contributed by atoms with Crippen LogP contribution in [0.15, 0.2) is 34.9 Å². The van der Waals surface area contributed by atoms with E-state index < -0.39 is 5.97 Å². The number of carboxylic acids is 1. The first-order valence-electron chi connectivity index (χ1n) is 4.10. The van der Waals surface area contributed by atoms with Crippen molar-refractivity contribution in [2.75, 3.05) is 0 Å². The van der Waals surface area contributed by atoms with Crippen molar-refractivity contribution in [3.05, 3.63) is 40.6 Å². The van der Waals surface area contributed by atoms with Crippen LogP contribution in [-0.4, -0.2) is 26.1 Å². The van der Waals surface area contributed by atoms with E-state index in [1.165, 1.54) is 4.68 Å². The zero-order valence-electron chi connectivity index (χ0n) is 7.46. The zero-order chi connectivity index (χ0) is 10.8. The lowest BCUT2D eigenvalue weighted by atomic mass is 10.3. The van der Waals surface area contributed by atoms with Gasteiger partial charge in [-0.15, -0.1) is 5.10 Å². The number of carboxylic acid groups (broad SMARTS) is 1. The monoisotopic (exact) mass is 267 g/mol. The number of aromatic nitrogens is 3. The Bertz CT molecular complexity index is 495. The van der Waals surface area contributed by atoms with Gasteiger partial charge in [0.2, 0.25) is 5.69 Å². The first-order chi connectivity index (χ1) is 7.20. The fourth-order valence-electron chi connectivity index (χ4n) is 1.14. The molecule has 0 aliphatic rings. The standard InChI is InChI=1S/C9H6BrN3O2/c10-8-7(9(14)15)11-12-13(8)6-4-2-1-3-5-6/h1-5H,(H,14,15). The molecule has 1 aromatic carbocycles. The van der Waals surface area contributed by atoms with Crippen LogP contribution in [0.25, 0.3) is 5.69 Å². The largest absolute Gasteiger partial charge is 0.476 e. The predicted octanol–water partition coefficient (Wildman–Crippen LogP) is 1.73. The summed E-state index contributed by atoms with van der Waals surface area (Å²) in [7, 11) is 0. The fraction of sp³-hybridized carbons (Fsp3) is 0. The van der Waals surface area contributed by atoms with Gasteiger partial charge in [-0.1, -0.05) is 23.4 Å². The molecule has 0 bridgehead atoms. The van der Waals surface area contributed by atoms with Gasteiger partial charge in [0.25, 0.3) is 0 Å². The maximum atomic E-state index is 10.7. The van der Waals surface area contributed by atoms with Crippen molar-refractivity contribution in [1.82, 2.24) is 15.0 Å². The maximum Gasteiger partial charge on any atom is 0.359 e. The summed E-state index contributed by atoms with van der Waals surface area (Å²) in [6.07, 6.45) is 0. The van der Waals surface area contributed by atoms with Crippen molar-refractivity contribution in [1.29, 1.82) is 0 Å². The smallest absolute Gasteiger partial charge is 0.359 e. The van der Waals surface area contributed by atoms with Crippen LogP contribution in [0.2, 0.25) is 0 Å². The average Bonchev–Trinajstić information content (AvgIpc) is 2.61. The van der Waals surface area contributed by atoms with Crippen LogP contribution in [0.4, 0.5) is 0 Å². The predicted molar refractivity (Wildman–Crippen MR) is 56.0 cm³/mol.